The van der Waals surface area contributed by atoms with Crippen LogP contribution in [0.4, 0.5) is 0 Å². The summed E-state index contributed by atoms with van der Waals surface area (Å²) in [5.41, 5.74) is 1.58. The Hall–Kier alpha value is -0.725. The van der Waals surface area contributed by atoms with E-state index in [-0.39, 0.29) is 0 Å². The average Bonchev–Trinajstić information content (AvgIpc) is 2.33. The molecule has 0 N–H and O–H groups in total. The molecule has 58 valence electrons. The molecule has 0 saturated heterocycles. The number of fused-ring (bicyclic) bond motifs is 1. The third-order valence-corrected chi connectivity index (χ3v) is 2.05. The molecule has 0 aliphatic heterocycles. The first-order valence-electron chi connectivity index (χ1n) is 3.20. The van der Waals surface area contributed by atoms with E-state index in [0.29, 0.717) is 22.6 Å². The van der Waals surface area contributed by atoms with Gasteiger partial charge in [-0.25, -0.2) is 9.97 Å². The Bertz CT molecular complexity index is 439. The molecule has 0 amide bonds. The van der Waals surface area contributed by atoms with Crippen molar-refractivity contribution in [3.8, 4) is 0 Å². The van der Waals surface area contributed by atoms with E-state index in [2.05, 4.69) is 20.3 Å². The van der Waals surface area contributed by atoms with Gasteiger partial charge in [0.15, 0.2) is 5.65 Å². The van der Waals surface area contributed by atoms with E-state index in [1.165, 1.54) is 2.90 Å². The summed E-state index contributed by atoms with van der Waals surface area (Å²) in [6.07, 6.45) is 0. The van der Waals surface area contributed by atoms with Crippen molar-refractivity contribution in [1.82, 2.24) is 23.2 Å². The third-order valence-electron chi connectivity index (χ3n) is 1.40. The monoisotopic (exact) mass is 271 g/mol. The predicted octanol–water partition coefficient (Wildman–Crippen LogP) is -0.478. The van der Waals surface area contributed by atoms with Crippen LogP contribution in [0.2, 0.25) is 0 Å². The van der Waals surface area contributed by atoms with Gasteiger partial charge in [0.1, 0.15) is 19.2 Å². The summed E-state index contributed by atoms with van der Waals surface area (Å²) in [6.45, 7) is 1.78. The van der Waals surface area contributed by atoms with E-state index in [9.17, 15) is 0 Å². The van der Waals surface area contributed by atoms with Crippen LogP contribution in [0.15, 0.2) is 0 Å². The van der Waals surface area contributed by atoms with Crippen molar-refractivity contribution in [2.24, 2.45) is 0 Å². The van der Waals surface area contributed by atoms with E-state index in [1.54, 1.807) is 6.92 Å². The summed E-state index contributed by atoms with van der Waals surface area (Å²) >= 11 is 1.98. The Morgan fingerprint density at radius 2 is 2.17 bits per heavy atom. The fourth-order valence-corrected chi connectivity index (χ4v) is 1.36. The van der Waals surface area contributed by atoms with Gasteiger partial charge in [-0.05, 0) is 6.92 Å². The van der Waals surface area contributed by atoms with Crippen molar-refractivity contribution in [3.05, 3.63) is 5.82 Å². The van der Waals surface area contributed by atoms with Crippen molar-refractivity contribution >= 4 is 47.5 Å². The minimum Gasteiger partial charge on any atom is -0.247 e. The van der Waals surface area contributed by atoms with Crippen LogP contribution in [-0.2, 0) is 0 Å². The molecule has 0 fully saturated rings. The van der Waals surface area contributed by atoms with Crippen molar-refractivity contribution in [2.75, 3.05) is 0 Å². The number of halogens is 1. The van der Waals surface area contributed by atoms with Crippen molar-refractivity contribution in [1.29, 1.82) is 0 Å². The van der Waals surface area contributed by atoms with Crippen molar-refractivity contribution in [3.63, 3.8) is 0 Å². The number of aryl methyl sites for hydroxylation is 1. The van der Waals surface area contributed by atoms with Crippen LogP contribution < -0.4 is 5.59 Å². The first kappa shape index (κ1) is 7.90. The van der Waals surface area contributed by atoms with Gasteiger partial charge in [0.05, 0.1) is 22.9 Å². The van der Waals surface area contributed by atoms with Gasteiger partial charge < -0.3 is 0 Å². The van der Waals surface area contributed by atoms with Crippen LogP contribution in [-0.4, -0.2) is 31.0 Å². The average molecular weight is 271 g/mol. The van der Waals surface area contributed by atoms with Crippen LogP contribution in [0, 0.1) is 6.92 Å². The molecular weight excluding hydrogens is 268 g/mol. The third kappa shape index (κ3) is 1.08. The van der Waals surface area contributed by atoms with E-state index < -0.39 is 0 Å². The minimum absolute atomic E-state index is 0.375. The van der Waals surface area contributed by atoms with Crippen molar-refractivity contribution < 1.29 is 0 Å². The molecule has 0 bridgehead atoms. The van der Waals surface area contributed by atoms with Gasteiger partial charge in [-0.1, -0.05) is 5.21 Å². The highest BCUT2D eigenvalue weighted by atomic mass is 127. The van der Waals surface area contributed by atoms with Crippen LogP contribution in [0.3, 0.4) is 0 Å². The normalized spacial score (nSPS) is 10.8. The van der Waals surface area contributed by atoms with Crippen LogP contribution in [0.1, 0.15) is 5.82 Å². The topological polar surface area (TPSA) is 56.5 Å². The number of rotatable bonds is 0. The quantitative estimate of drug-likeness (QED) is 0.479. The van der Waals surface area contributed by atoms with E-state index in [1.807, 2.05) is 22.9 Å². The predicted molar refractivity (Wildman–Crippen MR) is 52.7 cm³/mol. The van der Waals surface area contributed by atoms with E-state index in [0.717, 1.165) is 0 Å². The summed E-state index contributed by atoms with van der Waals surface area (Å²) in [4.78, 5) is 8.10. The molecular formula is C5H3BIN5. The molecule has 2 rings (SSSR count). The summed E-state index contributed by atoms with van der Waals surface area (Å²) in [5.74, 6) is 0.625. The zero-order chi connectivity index (χ0) is 8.72. The van der Waals surface area contributed by atoms with Crippen molar-refractivity contribution in [2.45, 2.75) is 6.92 Å². The smallest absolute Gasteiger partial charge is 0.191 e. The lowest BCUT2D eigenvalue weighted by Crippen LogP contribution is -2.12. The molecule has 5 nitrogen and oxygen atoms in total. The summed E-state index contributed by atoms with van der Waals surface area (Å²) in [6, 6.07) is 0. The standard InChI is InChI=1S/C5H3BIN5/c1-2-8-4(6)3-5(9-2)12(7)11-10-3/h1H3. The highest BCUT2D eigenvalue weighted by Gasteiger charge is 2.07. The lowest BCUT2D eigenvalue weighted by atomic mass is 10.0. The van der Waals surface area contributed by atoms with Crippen LogP contribution in [0.5, 0.6) is 0 Å². The second-order valence-corrected chi connectivity index (χ2v) is 3.19. The molecule has 0 aliphatic rings. The molecule has 0 spiro atoms. The van der Waals surface area contributed by atoms with Gasteiger partial charge in [-0.3, -0.25) is 0 Å². The molecule has 2 radical (unpaired) electrons. The van der Waals surface area contributed by atoms with Gasteiger partial charge in [0.2, 0.25) is 0 Å². The van der Waals surface area contributed by atoms with Gasteiger partial charge in [-0.2, -0.15) is 2.90 Å². The summed E-state index contributed by atoms with van der Waals surface area (Å²) in [5, 5.41) is 7.58. The lowest BCUT2D eigenvalue weighted by molar-refractivity contribution is 0.931. The SMILES string of the molecule is [B]c1nc(C)nc2c1nnn2I. The summed E-state index contributed by atoms with van der Waals surface area (Å²) < 4.78 is 1.54. The Balaban J connectivity index is 2.92. The van der Waals surface area contributed by atoms with Gasteiger partial charge in [0, 0.05) is 5.59 Å². The first-order chi connectivity index (χ1) is 5.68. The Kier molecular flexibility index (Phi) is 1.74. The van der Waals surface area contributed by atoms with Gasteiger partial charge in [0.25, 0.3) is 0 Å². The molecule has 0 aliphatic carbocycles. The molecule has 7 heteroatoms. The fourth-order valence-electron chi connectivity index (χ4n) is 0.924. The largest absolute Gasteiger partial charge is 0.247 e. The first-order valence-corrected chi connectivity index (χ1v) is 4.16. The molecule has 12 heavy (non-hydrogen) atoms. The molecule has 0 atom stereocenters. The number of aromatic nitrogens is 5. The van der Waals surface area contributed by atoms with E-state index >= 15 is 0 Å². The zero-order valence-corrected chi connectivity index (χ0v) is 8.35. The maximum Gasteiger partial charge on any atom is 0.191 e. The molecule has 0 unspecified atom stereocenters. The minimum atomic E-state index is 0.375. The molecule has 2 aromatic heterocycles. The second kappa shape index (κ2) is 2.65. The molecule has 0 saturated carbocycles. The van der Waals surface area contributed by atoms with E-state index in [4.69, 9.17) is 7.85 Å². The van der Waals surface area contributed by atoms with Gasteiger partial charge in [-0.15, -0.1) is 5.10 Å². The maximum atomic E-state index is 5.60. The van der Waals surface area contributed by atoms with Gasteiger partial charge >= 0.3 is 0 Å². The fraction of sp³-hybridized carbons (Fsp3) is 0.200. The Morgan fingerprint density at radius 3 is 2.92 bits per heavy atom. The van der Waals surface area contributed by atoms with Crippen LogP contribution in [0.25, 0.3) is 11.2 Å². The lowest BCUT2D eigenvalue weighted by Gasteiger charge is -1.95. The molecule has 2 heterocycles. The Labute approximate surface area is 83.5 Å². The number of hydrogen-bond acceptors (Lipinski definition) is 4. The highest BCUT2D eigenvalue weighted by molar-refractivity contribution is 14.1. The number of hydrogen-bond donors (Lipinski definition) is 0. The molecule has 0 aromatic carbocycles. The van der Waals surface area contributed by atoms with Crippen LogP contribution >= 0.6 is 22.9 Å². The summed E-state index contributed by atoms with van der Waals surface area (Å²) in [7, 11) is 5.60. The number of nitrogens with zero attached hydrogens (tertiary/aromatic N) is 5. The zero-order valence-electron chi connectivity index (χ0n) is 6.19. The maximum absolute atomic E-state index is 5.60. The molecule has 2 aromatic rings. The highest BCUT2D eigenvalue weighted by Crippen LogP contribution is 2.06. The second-order valence-electron chi connectivity index (χ2n) is 2.28. The Morgan fingerprint density at radius 1 is 1.42 bits per heavy atom.